The van der Waals surface area contributed by atoms with Crippen LogP contribution in [0.15, 0.2) is 72.1 Å². The zero-order valence-corrected chi connectivity index (χ0v) is 16.1. The minimum Gasteiger partial charge on any atom is -0.456 e. The average Bonchev–Trinajstić information content (AvgIpc) is 3.11. The summed E-state index contributed by atoms with van der Waals surface area (Å²) in [5.74, 6) is 1.44. The van der Waals surface area contributed by atoms with Gasteiger partial charge < -0.3 is 15.0 Å². The summed E-state index contributed by atoms with van der Waals surface area (Å²) in [4.78, 5) is 23.8. The molecule has 0 unspecified atom stereocenters. The Morgan fingerprint density at radius 2 is 2.00 bits per heavy atom. The maximum Gasteiger partial charge on any atom is 0.234 e. The first-order chi connectivity index (χ1) is 13.7. The Bertz CT molecular complexity index is 1100. The number of halogens is 1. The van der Waals surface area contributed by atoms with Crippen molar-refractivity contribution >= 4 is 46.0 Å². The number of nitrogens with one attached hydrogen (secondary N) is 2. The Kier molecular flexibility index (Phi) is 5.45. The second-order valence-electron chi connectivity index (χ2n) is 5.86. The molecule has 0 aliphatic rings. The maximum atomic E-state index is 12.2. The van der Waals surface area contributed by atoms with Crippen LogP contribution in [0.2, 0.25) is 5.02 Å². The molecular weight excluding hydrogens is 396 g/mol. The van der Waals surface area contributed by atoms with Gasteiger partial charge in [-0.05, 0) is 54.6 Å². The van der Waals surface area contributed by atoms with Crippen LogP contribution in [0, 0.1) is 0 Å². The van der Waals surface area contributed by atoms with Gasteiger partial charge in [-0.3, -0.25) is 9.78 Å². The first-order valence-corrected chi connectivity index (χ1v) is 9.78. The zero-order chi connectivity index (χ0) is 19.3. The third-order valence-electron chi connectivity index (χ3n) is 3.77. The number of ether oxygens (including phenoxy) is 1. The van der Waals surface area contributed by atoms with Gasteiger partial charge in [-0.2, -0.15) is 0 Å². The van der Waals surface area contributed by atoms with E-state index in [1.807, 2.05) is 18.2 Å². The summed E-state index contributed by atoms with van der Waals surface area (Å²) in [6.07, 6.45) is 3.32. The lowest BCUT2D eigenvalue weighted by atomic mass is 10.3. The van der Waals surface area contributed by atoms with Crippen LogP contribution in [-0.4, -0.2) is 26.6 Å². The number of nitrogens with zero attached hydrogens (tertiary/aromatic N) is 2. The van der Waals surface area contributed by atoms with E-state index in [9.17, 15) is 4.79 Å². The molecule has 0 aliphatic heterocycles. The molecule has 0 aliphatic carbocycles. The van der Waals surface area contributed by atoms with Gasteiger partial charge in [-0.1, -0.05) is 23.4 Å². The number of aromatic amines is 1. The van der Waals surface area contributed by atoms with Gasteiger partial charge in [0.05, 0.1) is 23.0 Å². The van der Waals surface area contributed by atoms with E-state index in [0.717, 1.165) is 11.0 Å². The number of carbonyl (C=O) groups is 1. The van der Waals surface area contributed by atoms with Crippen LogP contribution in [-0.2, 0) is 4.79 Å². The second kappa shape index (κ2) is 8.33. The zero-order valence-electron chi connectivity index (χ0n) is 14.6. The van der Waals surface area contributed by atoms with E-state index >= 15 is 0 Å². The van der Waals surface area contributed by atoms with Crippen LogP contribution in [0.3, 0.4) is 0 Å². The summed E-state index contributed by atoms with van der Waals surface area (Å²) in [6, 6.07) is 16.2. The molecule has 0 saturated carbocycles. The number of fused-ring (bicyclic) bond motifs is 1. The second-order valence-corrected chi connectivity index (χ2v) is 7.26. The Morgan fingerprint density at radius 1 is 1.14 bits per heavy atom. The molecule has 0 spiro atoms. The average molecular weight is 411 g/mol. The SMILES string of the molecule is O=C(CSc1nc2ccc(Cl)cc2[nH]1)Nc1ccc(Oc2cccnc2)cc1. The molecule has 0 bridgehead atoms. The first kappa shape index (κ1) is 18.3. The van der Waals surface area contributed by atoms with Crippen molar-refractivity contribution in [3.05, 3.63) is 72.0 Å². The van der Waals surface area contributed by atoms with E-state index in [2.05, 4.69) is 20.3 Å². The fraction of sp³-hybridized carbons (Fsp3) is 0.0500. The van der Waals surface area contributed by atoms with Crippen molar-refractivity contribution in [1.82, 2.24) is 15.0 Å². The number of H-pyrrole nitrogens is 1. The molecule has 1 amide bonds. The standard InChI is InChI=1S/C20H15ClN4O2S/c21-13-3-8-17-18(10-13)25-20(24-17)28-12-19(26)23-14-4-6-15(7-5-14)27-16-2-1-9-22-11-16/h1-11H,12H2,(H,23,26)(H,24,25). The van der Waals surface area contributed by atoms with Crippen LogP contribution in [0.5, 0.6) is 11.5 Å². The van der Waals surface area contributed by atoms with E-state index in [0.29, 0.717) is 27.4 Å². The molecule has 6 nitrogen and oxygen atoms in total. The quantitative estimate of drug-likeness (QED) is 0.430. The normalized spacial score (nSPS) is 10.8. The van der Waals surface area contributed by atoms with Crippen molar-refractivity contribution in [2.24, 2.45) is 0 Å². The predicted molar refractivity (Wildman–Crippen MR) is 111 cm³/mol. The van der Waals surface area contributed by atoms with Gasteiger partial charge in [0.1, 0.15) is 11.5 Å². The minimum atomic E-state index is -0.121. The summed E-state index contributed by atoms with van der Waals surface area (Å²) >= 11 is 7.30. The van der Waals surface area contributed by atoms with Crippen LogP contribution >= 0.6 is 23.4 Å². The van der Waals surface area contributed by atoms with Gasteiger partial charge in [0.2, 0.25) is 5.91 Å². The van der Waals surface area contributed by atoms with E-state index < -0.39 is 0 Å². The smallest absolute Gasteiger partial charge is 0.234 e. The molecule has 8 heteroatoms. The number of rotatable bonds is 6. The molecule has 4 rings (SSSR count). The number of amides is 1. The number of anilines is 1. The van der Waals surface area contributed by atoms with Crippen molar-refractivity contribution in [2.45, 2.75) is 5.16 Å². The van der Waals surface area contributed by atoms with Gasteiger partial charge >= 0.3 is 0 Å². The predicted octanol–water partition coefficient (Wildman–Crippen LogP) is 5.13. The lowest BCUT2D eigenvalue weighted by Gasteiger charge is -2.07. The largest absolute Gasteiger partial charge is 0.456 e. The molecule has 0 fully saturated rings. The first-order valence-electron chi connectivity index (χ1n) is 8.41. The van der Waals surface area contributed by atoms with Crippen LogP contribution in [0.4, 0.5) is 5.69 Å². The lowest BCUT2D eigenvalue weighted by molar-refractivity contribution is -0.113. The fourth-order valence-corrected chi connectivity index (χ4v) is 3.36. The summed E-state index contributed by atoms with van der Waals surface area (Å²) in [5, 5.41) is 4.17. The Morgan fingerprint density at radius 3 is 2.79 bits per heavy atom. The summed E-state index contributed by atoms with van der Waals surface area (Å²) in [7, 11) is 0. The number of aromatic nitrogens is 3. The highest BCUT2D eigenvalue weighted by atomic mass is 35.5. The minimum absolute atomic E-state index is 0.121. The number of imidazole rings is 1. The van der Waals surface area contributed by atoms with E-state index in [4.69, 9.17) is 16.3 Å². The van der Waals surface area contributed by atoms with Gasteiger partial charge in [-0.15, -0.1) is 0 Å². The Hall–Kier alpha value is -3.03. The number of benzene rings is 2. The molecule has 2 heterocycles. The van der Waals surface area contributed by atoms with Crippen molar-refractivity contribution < 1.29 is 9.53 Å². The Labute approximate surface area is 170 Å². The summed E-state index contributed by atoms with van der Waals surface area (Å²) in [5.41, 5.74) is 2.36. The third kappa shape index (κ3) is 4.62. The number of thioether (sulfide) groups is 1. The lowest BCUT2D eigenvalue weighted by Crippen LogP contribution is -2.13. The molecule has 2 aromatic carbocycles. The molecule has 2 aromatic heterocycles. The van der Waals surface area contributed by atoms with Crippen molar-refractivity contribution in [2.75, 3.05) is 11.1 Å². The maximum absolute atomic E-state index is 12.2. The molecule has 0 radical (unpaired) electrons. The molecule has 28 heavy (non-hydrogen) atoms. The van der Waals surface area contributed by atoms with Gasteiger partial charge in [0.25, 0.3) is 0 Å². The van der Waals surface area contributed by atoms with Crippen LogP contribution < -0.4 is 10.1 Å². The van der Waals surface area contributed by atoms with Crippen molar-refractivity contribution in [1.29, 1.82) is 0 Å². The van der Waals surface area contributed by atoms with E-state index in [1.165, 1.54) is 11.8 Å². The molecule has 140 valence electrons. The van der Waals surface area contributed by atoms with Crippen LogP contribution in [0.1, 0.15) is 0 Å². The number of carbonyl (C=O) groups excluding carboxylic acids is 1. The highest BCUT2D eigenvalue weighted by molar-refractivity contribution is 7.99. The monoisotopic (exact) mass is 410 g/mol. The topological polar surface area (TPSA) is 79.9 Å². The summed E-state index contributed by atoms with van der Waals surface area (Å²) < 4.78 is 5.68. The van der Waals surface area contributed by atoms with Crippen molar-refractivity contribution in [3.8, 4) is 11.5 Å². The molecule has 0 atom stereocenters. The van der Waals surface area contributed by atoms with Crippen LogP contribution in [0.25, 0.3) is 11.0 Å². The van der Waals surface area contributed by atoms with Gasteiger partial charge in [0.15, 0.2) is 5.16 Å². The Balaban J connectivity index is 1.31. The molecule has 4 aromatic rings. The molecule has 2 N–H and O–H groups in total. The van der Waals surface area contributed by atoms with Gasteiger partial charge in [-0.25, -0.2) is 4.98 Å². The highest BCUT2D eigenvalue weighted by Gasteiger charge is 2.08. The molecule has 0 saturated heterocycles. The van der Waals surface area contributed by atoms with E-state index in [1.54, 1.807) is 48.8 Å². The van der Waals surface area contributed by atoms with Gasteiger partial charge in [0, 0.05) is 16.9 Å². The summed E-state index contributed by atoms with van der Waals surface area (Å²) in [6.45, 7) is 0. The van der Waals surface area contributed by atoms with Crippen molar-refractivity contribution in [3.63, 3.8) is 0 Å². The van der Waals surface area contributed by atoms with E-state index in [-0.39, 0.29) is 11.7 Å². The third-order valence-corrected chi connectivity index (χ3v) is 4.88. The fourth-order valence-electron chi connectivity index (χ4n) is 2.51. The number of hydrogen-bond acceptors (Lipinski definition) is 5. The highest BCUT2D eigenvalue weighted by Crippen LogP contribution is 2.24. The number of hydrogen-bond donors (Lipinski definition) is 2. The number of pyridine rings is 1. The molecular formula is C20H15ClN4O2S.